The van der Waals surface area contributed by atoms with Crippen LogP contribution in [0.5, 0.6) is 5.75 Å². The van der Waals surface area contributed by atoms with E-state index in [-0.39, 0.29) is 5.54 Å². The molecule has 2 rings (SSSR count). The zero-order valence-electron chi connectivity index (χ0n) is 13.9. The third-order valence-corrected chi connectivity index (χ3v) is 3.74. The molecule has 1 saturated carbocycles. The highest BCUT2D eigenvalue weighted by atomic mass is 16.6. The Morgan fingerprint density at radius 3 is 2.59 bits per heavy atom. The van der Waals surface area contributed by atoms with Crippen LogP contribution in [0, 0.1) is 0 Å². The second-order valence-electron chi connectivity index (χ2n) is 7.01. The van der Waals surface area contributed by atoms with E-state index in [0.29, 0.717) is 5.75 Å². The molecule has 0 spiro atoms. The van der Waals surface area contributed by atoms with E-state index >= 15 is 0 Å². The first-order valence-corrected chi connectivity index (χ1v) is 7.67. The number of amides is 1. The van der Waals surface area contributed by atoms with Crippen LogP contribution in [0.15, 0.2) is 18.2 Å². The number of rotatable bonds is 5. The Hall–Kier alpha value is -1.75. The normalized spacial score (nSPS) is 16.0. The van der Waals surface area contributed by atoms with E-state index in [4.69, 9.17) is 15.2 Å². The van der Waals surface area contributed by atoms with Crippen LogP contribution in [0.25, 0.3) is 0 Å². The smallest absolute Gasteiger partial charge is 0.412 e. The molecule has 1 aliphatic rings. The summed E-state index contributed by atoms with van der Waals surface area (Å²) in [4.78, 5) is 12.0. The lowest BCUT2D eigenvalue weighted by Gasteiger charge is -2.21. The predicted molar refractivity (Wildman–Crippen MR) is 87.3 cm³/mol. The van der Waals surface area contributed by atoms with E-state index in [9.17, 15) is 4.79 Å². The van der Waals surface area contributed by atoms with Gasteiger partial charge in [0, 0.05) is 11.6 Å². The molecule has 1 aromatic rings. The summed E-state index contributed by atoms with van der Waals surface area (Å²) in [7, 11) is 1.60. The van der Waals surface area contributed by atoms with Gasteiger partial charge in [0.05, 0.1) is 12.8 Å². The fourth-order valence-electron chi connectivity index (χ4n) is 2.22. The molecular weight excluding hydrogens is 280 g/mol. The number of nitrogens with two attached hydrogens (primary N) is 1. The third kappa shape index (κ3) is 4.91. The minimum absolute atomic E-state index is 0.0108. The molecule has 3 N–H and O–H groups in total. The summed E-state index contributed by atoms with van der Waals surface area (Å²) in [5.74, 6) is 0.698. The Morgan fingerprint density at radius 1 is 1.36 bits per heavy atom. The number of ether oxygens (including phenoxy) is 2. The molecule has 0 aliphatic heterocycles. The molecule has 122 valence electrons. The summed E-state index contributed by atoms with van der Waals surface area (Å²) in [6.07, 6.45) is 3.44. The van der Waals surface area contributed by atoms with Crippen LogP contribution in [0.3, 0.4) is 0 Å². The average molecular weight is 306 g/mol. The minimum Gasteiger partial charge on any atom is -0.497 e. The number of benzene rings is 1. The summed E-state index contributed by atoms with van der Waals surface area (Å²) in [5.41, 5.74) is 7.37. The topological polar surface area (TPSA) is 73.6 Å². The molecule has 0 aromatic heterocycles. The maximum Gasteiger partial charge on any atom is 0.412 e. The van der Waals surface area contributed by atoms with E-state index in [1.807, 2.05) is 39.0 Å². The summed E-state index contributed by atoms with van der Waals surface area (Å²) in [5, 5.41) is 2.82. The van der Waals surface area contributed by atoms with E-state index in [1.54, 1.807) is 7.11 Å². The predicted octanol–water partition coefficient (Wildman–Crippen LogP) is 3.47. The second kappa shape index (κ2) is 6.16. The van der Waals surface area contributed by atoms with Gasteiger partial charge in [-0.1, -0.05) is 6.07 Å². The molecule has 5 heteroatoms. The van der Waals surface area contributed by atoms with Crippen LogP contribution in [0.1, 0.15) is 45.6 Å². The van der Waals surface area contributed by atoms with Crippen molar-refractivity contribution in [1.29, 1.82) is 0 Å². The molecule has 1 aromatic carbocycles. The molecule has 0 unspecified atom stereocenters. The zero-order valence-corrected chi connectivity index (χ0v) is 13.9. The summed E-state index contributed by atoms with van der Waals surface area (Å²) in [6, 6.07) is 5.68. The van der Waals surface area contributed by atoms with E-state index in [2.05, 4.69) is 5.32 Å². The Morgan fingerprint density at radius 2 is 2.05 bits per heavy atom. The van der Waals surface area contributed by atoms with Crippen molar-refractivity contribution in [3.63, 3.8) is 0 Å². The number of anilines is 1. The van der Waals surface area contributed by atoms with E-state index in [0.717, 1.165) is 36.9 Å². The molecule has 22 heavy (non-hydrogen) atoms. The number of hydrogen-bond donors (Lipinski definition) is 2. The van der Waals surface area contributed by atoms with Gasteiger partial charge in [0.2, 0.25) is 0 Å². The maximum atomic E-state index is 12.0. The first-order valence-electron chi connectivity index (χ1n) is 7.67. The van der Waals surface area contributed by atoms with Crippen LogP contribution in [-0.2, 0) is 11.2 Å². The van der Waals surface area contributed by atoms with Gasteiger partial charge in [-0.2, -0.15) is 0 Å². The highest BCUT2D eigenvalue weighted by molar-refractivity contribution is 5.86. The van der Waals surface area contributed by atoms with Crippen LogP contribution < -0.4 is 15.8 Å². The van der Waals surface area contributed by atoms with Crippen molar-refractivity contribution >= 4 is 11.8 Å². The van der Waals surface area contributed by atoms with Gasteiger partial charge >= 0.3 is 6.09 Å². The fraction of sp³-hybridized carbons (Fsp3) is 0.588. The van der Waals surface area contributed by atoms with Crippen LogP contribution in [0.4, 0.5) is 10.5 Å². The largest absolute Gasteiger partial charge is 0.497 e. The lowest BCUT2D eigenvalue weighted by molar-refractivity contribution is 0.0636. The number of aryl methyl sites for hydroxylation is 1. The molecular formula is C17H26N2O3. The Labute approximate surface area is 132 Å². The molecule has 0 heterocycles. The van der Waals surface area contributed by atoms with Crippen molar-refractivity contribution in [2.75, 3.05) is 12.4 Å². The molecule has 1 aliphatic carbocycles. The first kappa shape index (κ1) is 16.6. The molecule has 0 radical (unpaired) electrons. The highest BCUT2D eigenvalue weighted by Crippen LogP contribution is 2.37. The molecule has 1 fully saturated rings. The monoisotopic (exact) mass is 306 g/mol. The van der Waals surface area contributed by atoms with Crippen molar-refractivity contribution in [3.8, 4) is 5.75 Å². The molecule has 1 amide bonds. The van der Waals surface area contributed by atoms with E-state index in [1.165, 1.54) is 0 Å². The number of carbonyl (C=O) groups is 1. The zero-order chi connectivity index (χ0) is 16.4. The van der Waals surface area contributed by atoms with Crippen LogP contribution in [-0.4, -0.2) is 24.3 Å². The Balaban J connectivity index is 2.09. The quantitative estimate of drug-likeness (QED) is 0.873. The van der Waals surface area contributed by atoms with Gasteiger partial charge in [-0.25, -0.2) is 4.79 Å². The van der Waals surface area contributed by atoms with Crippen molar-refractivity contribution in [1.82, 2.24) is 0 Å². The first-order chi connectivity index (χ1) is 10.2. The molecule has 0 bridgehead atoms. The maximum absolute atomic E-state index is 12.0. The van der Waals surface area contributed by atoms with Gasteiger partial charge in [0.1, 0.15) is 11.4 Å². The average Bonchev–Trinajstić information content (AvgIpc) is 3.13. The second-order valence-corrected chi connectivity index (χ2v) is 7.01. The molecule has 5 nitrogen and oxygen atoms in total. The van der Waals surface area contributed by atoms with Crippen molar-refractivity contribution in [2.45, 2.75) is 57.6 Å². The highest BCUT2D eigenvalue weighted by Gasteiger charge is 2.37. The SMILES string of the molecule is COc1ccc(CCC2(N)CC2)c(NC(=O)OC(C)(C)C)c1. The van der Waals surface area contributed by atoms with Crippen molar-refractivity contribution < 1.29 is 14.3 Å². The summed E-state index contributed by atoms with van der Waals surface area (Å²) >= 11 is 0. The van der Waals surface area contributed by atoms with Crippen molar-refractivity contribution in [3.05, 3.63) is 23.8 Å². The Bertz CT molecular complexity index is 545. The number of methoxy groups -OCH3 is 1. The van der Waals surface area contributed by atoms with Crippen LogP contribution in [0.2, 0.25) is 0 Å². The van der Waals surface area contributed by atoms with Gasteiger partial charge in [0.15, 0.2) is 0 Å². The van der Waals surface area contributed by atoms with Crippen molar-refractivity contribution in [2.24, 2.45) is 5.73 Å². The van der Waals surface area contributed by atoms with Gasteiger partial charge in [-0.05, 0) is 58.1 Å². The number of carbonyl (C=O) groups excluding carboxylic acids is 1. The van der Waals surface area contributed by atoms with Gasteiger partial charge in [-0.3, -0.25) is 5.32 Å². The summed E-state index contributed by atoms with van der Waals surface area (Å²) in [6.45, 7) is 5.51. The number of hydrogen-bond acceptors (Lipinski definition) is 4. The van der Waals surface area contributed by atoms with E-state index < -0.39 is 11.7 Å². The van der Waals surface area contributed by atoms with Gasteiger partial charge in [-0.15, -0.1) is 0 Å². The van der Waals surface area contributed by atoms with Crippen LogP contribution >= 0.6 is 0 Å². The third-order valence-electron chi connectivity index (χ3n) is 3.74. The molecule has 0 atom stereocenters. The summed E-state index contributed by atoms with van der Waals surface area (Å²) < 4.78 is 10.5. The standard InChI is InChI=1S/C17H26N2O3/c1-16(2,3)22-15(20)19-14-11-13(21-4)6-5-12(14)7-8-17(18)9-10-17/h5-6,11H,7-10,18H2,1-4H3,(H,19,20). The van der Waals surface area contributed by atoms with Gasteiger partial charge < -0.3 is 15.2 Å². The molecule has 0 saturated heterocycles. The Kier molecular flexibility index (Phi) is 4.66. The minimum atomic E-state index is -0.529. The fourth-order valence-corrected chi connectivity index (χ4v) is 2.22. The number of nitrogens with one attached hydrogen (secondary N) is 1. The lowest BCUT2D eigenvalue weighted by Crippen LogP contribution is -2.27. The van der Waals surface area contributed by atoms with Gasteiger partial charge in [0.25, 0.3) is 0 Å². The lowest BCUT2D eigenvalue weighted by atomic mass is 10.0.